The Morgan fingerprint density at radius 3 is 2.35 bits per heavy atom. The summed E-state index contributed by atoms with van der Waals surface area (Å²) in [5, 5.41) is 0. The average Bonchev–Trinajstić information content (AvgIpc) is 2.75. The van der Waals surface area contributed by atoms with Gasteiger partial charge in [0.1, 0.15) is 17.3 Å². The Morgan fingerprint density at radius 1 is 1.22 bits per heavy atom. The molecule has 0 aromatic heterocycles. The molecule has 1 saturated heterocycles. The Hall–Kier alpha value is -1.59. The summed E-state index contributed by atoms with van der Waals surface area (Å²) < 4.78 is 10.5. The van der Waals surface area contributed by atoms with Crippen LogP contribution >= 0.6 is 0 Å². The highest BCUT2D eigenvalue weighted by Gasteiger charge is 2.54. The summed E-state index contributed by atoms with van der Waals surface area (Å²) in [5.74, 6) is -1.09. The molecule has 0 bridgehead atoms. The number of hydrogen-bond acceptors (Lipinski definition) is 5. The smallest absolute Gasteiger partial charge is 0.410 e. The van der Waals surface area contributed by atoms with Gasteiger partial charge >= 0.3 is 12.1 Å². The van der Waals surface area contributed by atoms with Crippen LogP contribution in [0, 0.1) is 11.3 Å². The second-order valence-corrected chi connectivity index (χ2v) is 7.48. The zero-order chi connectivity index (χ0) is 17.3. The van der Waals surface area contributed by atoms with Crippen molar-refractivity contribution >= 4 is 17.8 Å². The maximum atomic E-state index is 12.2. The van der Waals surface area contributed by atoms with E-state index in [4.69, 9.17) is 9.47 Å². The van der Waals surface area contributed by atoms with Crippen molar-refractivity contribution in [2.45, 2.75) is 59.0 Å². The Morgan fingerprint density at radius 2 is 1.83 bits per heavy atom. The molecule has 6 nitrogen and oxygen atoms in total. The van der Waals surface area contributed by atoms with Gasteiger partial charge in [-0.2, -0.15) is 0 Å². The van der Waals surface area contributed by atoms with Crippen molar-refractivity contribution in [3.05, 3.63) is 0 Å². The first kappa shape index (κ1) is 17.8. The lowest BCUT2D eigenvalue weighted by atomic mass is 9.70. The maximum absolute atomic E-state index is 12.2. The predicted molar refractivity (Wildman–Crippen MR) is 83.8 cm³/mol. The van der Waals surface area contributed by atoms with Crippen LogP contribution < -0.4 is 0 Å². The van der Waals surface area contributed by atoms with E-state index in [1.807, 2.05) is 20.8 Å². The highest BCUT2D eigenvalue weighted by molar-refractivity contribution is 6.01. The van der Waals surface area contributed by atoms with E-state index in [1.165, 1.54) is 0 Å². The predicted octanol–water partition coefficient (Wildman–Crippen LogP) is 2.55. The third kappa shape index (κ3) is 3.85. The van der Waals surface area contributed by atoms with Gasteiger partial charge in [-0.05, 0) is 52.4 Å². The van der Waals surface area contributed by atoms with Gasteiger partial charge in [0.25, 0.3) is 0 Å². The van der Waals surface area contributed by atoms with Crippen LogP contribution in [0.5, 0.6) is 0 Å². The lowest BCUT2D eigenvalue weighted by Gasteiger charge is -2.41. The summed E-state index contributed by atoms with van der Waals surface area (Å²) in [7, 11) is 0. The summed E-state index contributed by atoms with van der Waals surface area (Å²) in [6, 6.07) is 0. The number of likely N-dealkylation sites (tertiary alicyclic amines) is 1. The molecular weight excluding hydrogens is 298 g/mol. The van der Waals surface area contributed by atoms with Crippen LogP contribution in [0.4, 0.5) is 4.79 Å². The molecule has 2 fully saturated rings. The van der Waals surface area contributed by atoms with E-state index in [0.717, 1.165) is 0 Å². The Kier molecular flexibility index (Phi) is 5.01. The molecule has 1 aliphatic heterocycles. The minimum atomic E-state index is -0.664. The number of carbonyl (C=O) groups excluding carboxylic acids is 3. The first-order valence-electron chi connectivity index (χ1n) is 8.36. The van der Waals surface area contributed by atoms with Crippen molar-refractivity contribution in [2.75, 3.05) is 19.7 Å². The van der Waals surface area contributed by atoms with Crippen LogP contribution in [0.25, 0.3) is 0 Å². The number of Topliss-reactive ketones (excluding diaryl/α,β-unsaturated/α-hetero) is 1. The number of piperidine rings is 1. The zero-order valence-electron chi connectivity index (χ0n) is 14.5. The van der Waals surface area contributed by atoms with Gasteiger partial charge in [0.2, 0.25) is 0 Å². The molecule has 6 heteroatoms. The zero-order valence-corrected chi connectivity index (χ0v) is 14.5. The molecule has 1 spiro atoms. The average molecular weight is 325 g/mol. The number of ketones is 1. The number of nitrogens with zero attached hydrogens (tertiary/aromatic N) is 1. The first-order valence-corrected chi connectivity index (χ1v) is 8.36. The summed E-state index contributed by atoms with van der Waals surface area (Å²) in [6.45, 7) is 8.56. The van der Waals surface area contributed by atoms with Gasteiger partial charge in [0.05, 0.1) is 6.61 Å². The standard InChI is InChI=1S/C17H27NO5/c1-5-22-14(20)13-12(19)6-7-17(13)8-10-18(11-9-17)15(21)23-16(2,3)4/h13H,5-11H2,1-4H3. The van der Waals surface area contributed by atoms with Crippen LogP contribution in [0.15, 0.2) is 0 Å². The number of hydrogen-bond donors (Lipinski definition) is 0. The third-order valence-corrected chi connectivity index (χ3v) is 4.74. The second-order valence-electron chi connectivity index (χ2n) is 7.48. The van der Waals surface area contributed by atoms with Crippen molar-refractivity contribution in [2.24, 2.45) is 11.3 Å². The summed E-state index contributed by atoms with van der Waals surface area (Å²) in [6.07, 6.45) is 2.08. The number of ether oxygens (including phenoxy) is 2. The Bertz CT molecular complexity index is 486. The van der Waals surface area contributed by atoms with Crippen molar-refractivity contribution in [3.63, 3.8) is 0 Å². The molecule has 1 aliphatic carbocycles. The number of rotatable bonds is 2. The molecule has 0 aromatic carbocycles. The molecule has 0 aromatic rings. The van der Waals surface area contributed by atoms with Crippen LogP contribution in [0.3, 0.4) is 0 Å². The lowest BCUT2D eigenvalue weighted by molar-refractivity contribution is -0.155. The van der Waals surface area contributed by atoms with Gasteiger partial charge in [0, 0.05) is 19.5 Å². The molecule has 2 aliphatic rings. The molecule has 130 valence electrons. The van der Waals surface area contributed by atoms with Gasteiger partial charge in [-0.15, -0.1) is 0 Å². The SMILES string of the molecule is CCOC(=O)C1C(=O)CCC12CCN(C(=O)OC(C)(C)C)CC2. The molecule has 2 rings (SSSR count). The van der Waals surface area contributed by atoms with Gasteiger partial charge in [-0.3, -0.25) is 9.59 Å². The molecular formula is C17H27NO5. The van der Waals surface area contributed by atoms with E-state index in [1.54, 1.807) is 11.8 Å². The van der Waals surface area contributed by atoms with E-state index in [2.05, 4.69) is 0 Å². The summed E-state index contributed by atoms with van der Waals surface area (Å²) in [5.41, 5.74) is -0.870. The van der Waals surface area contributed by atoms with Gasteiger partial charge < -0.3 is 14.4 Å². The van der Waals surface area contributed by atoms with Crippen LogP contribution in [0.1, 0.15) is 53.4 Å². The fourth-order valence-electron chi connectivity index (χ4n) is 3.61. The second kappa shape index (κ2) is 6.49. The van der Waals surface area contributed by atoms with Crippen LogP contribution in [-0.2, 0) is 19.1 Å². The molecule has 0 radical (unpaired) electrons. The largest absolute Gasteiger partial charge is 0.465 e. The quantitative estimate of drug-likeness (QED) is 0.576. The van der Waals surface area contributed by atoms with E-state index in [-0.39, 0.29) is 23.9 Å². The summed E-state index contributed by atoms with van der Waals surface area (Å²) >= 11 is 0. The monoisotopic (exact) mass is 325 g/mol. The normalized spacial score (nSPS) is 23.9. The number of amides is 1. The molecule has 23 heavy (non-hydrogen) atoms. The molecule has 1 amide bonds. The molecule has 1 heterocycles. The van der Waals surface area contributed by atoms with Crippen molar-refractivity contribution in [1.82, 2.24) is 4.90 Å². The van der Waals surface area contributed by atoms with E-state index >= 15 is 0 Å². The van der Waals surface area contributed by atoms with E-state index in [0.29, 0.717) is 38.8 Å². The molecule has 1 saturated carbocycles. The Balaban J connectivity index is 2.03. The number of esters is 1. The van der Waals surface area contributed by atoms with Crippen LogP contribution in [0.2, 0.25) is 0 Å². The molecule has 0 N–H and O–H groups in total. The highest BCUT2D eigenvalue weighted by atomic mass is 16.6. The molecule has 1 unspecified atom stereocenters. The van der Waals surface area contributed by atoms with Gasteiger partial charge in [-0.1, -0.05) is 0 Å². The fourth-order valence-corrected chi connectivity index (χ4v) is 3.61. The number of carbonyl (C=O) groups is 3. The van der Waals surface area contributed by atoms with Crippen molar-refractivity contribution in [3.8, 4) is 0 Å². The Labute approximate surface area is 137 Å². The van der Waals surface area contributed by atoms with Crippen molar-refractivity contribution < 1.29 is 23.9 Å². The molecule has 1 atom stereocenters. The van der Waals surface area contributed by atoms with E-state index in [9.17, 15) is 14.4 Å². The summed E-state index contributed by atoms with van der Waals surface area (Å²) in [4.78, 5) is 38.2. The fraction of sp³-hybridized carbons (Fsp3) is 0.824. The first-order chi connectivity index (χ1) is 10.7. The van der Waals surface area contributed by atoms with Crippen LogP contribution in [-0.4, -0.2) is 48.0 Å². The highest BCUT2D eigenvalue weighted by Crippen LogP contribution is 2.49. The minimum absolute atomic E-state index is 0.0193. The topological polar surface area (TPSA) is 72.9 Å². The van der Waals surface area contributed by atoms with Gasteiger partial charge in [0.15, 0.2) is 0 Å². The maximum Gasteiger partial charge on any atom is 0.410 e. The van der Waals surface area contributed by atoms with Gasteiger partial charge in [-0.25, -0.2) is 4.79 Å². The van der Waals surface area contributed by atoms with Crippen molar-refractivity contribution in [1.29, 1.82) is 0 Å². The van der Waals surface area contributed by atoms with E-state index < -0.39 is 17.5 Å². The third-order valence-electron chi connectivity index (χ3n) is 4.74. The minimum Gasteiger partial charge on any atom is -0.465 e. The lowest BCUT2D eigenvalue weighted by Crippen LogP contribution is -2.48.